The van der Waals surface area contributed by atoms with Crippen molar-refractivity contribution >= 4 is 17.7 Å². The number of aryl methyl sites for hydroxylation is 1. The fourth-order valence-corrected chi connectivity index (χ4v) is 4.33. The molecule has 150 valence electrons. The molecule has 1 amide bonds. The van der Waals surface area contributed by atoms with Crippen molar-refractivity contribution in [2.24, 2.45) is 5.92 Å². The number of halogens is 1. The van der Waals surface area contributed by atoms with Crippen LogP contribution in [0.3, 0.4) is 0 Å². The molecule has 1 aliphatic carbocycles. The van der Waals surface area contributed by atoms with E-state index >= 15 is 0 Å². The molecule has 0 atom stereocenters. The topological polar surface area (TPSA) is 74.8 Å². The van der Waals surface area contributed by atoms with Crippen LogP contribution in [0, 0.1) is 18.7 Å². The minimum atomic E-state index is -0.276. The largest absolute Gasteiger partial charge is 0.356 e. The second-order valence-corrected chi connectivity index (χ2v) is 8.30. The molecule has 1 heterocycles. The van der Waals surface area contributed by atoms with Crippen LogP contribution in [-0.2, 0) is 17.0 Å². The molecule has 28 heavy (non-hydrogen) atoms. The number of rotatable bonds is 7. The first kappa shape index (κ1) is 20.6. The summed E-state index contributed by atoms with van der Waals surface area (Å²) in [6.45, 7) is 2.44. The van der Waals surface area contributed by atoms with Crippen LogP contribution < -0.4 is 10.9 Å². The maximum atomic E-state index is 13.0. The molecule has 7 heteroatoms. The van der Waals surface area contributed by atoms with Gasteiger partial charge in [-0.1, -0.05) is 43.2 Å². The van der Waals surface area contributed by atoms with E-state index in [1.807, 2.05) is 0 Å². The molecule has 0 saturated heterocycles. The number of aromatic nitrogens is 2. The number of carbonyl (C=O) groups is 1. The number of H-pyrrole nitrogens is 1. The van der Waals surface area contributed by atoms with Crippen molar-refractivity contribution in [3.63, 3.8) is 0 Å². The Bertz CT molecular complexity index is 861. The molecule has 0 spiro atoms. The third kappa shape index (κ3) is 5.92. The van der Waals surface area contributed by atoms with Crippen molar-refractivity contribution in [2.75, 3.05) is 6.54 Å². The van der Waals surface area contributed by atoms with Gasteiger partial charge < -0.3 is 10.3 Å². The van der Waals surface area contributed by atoms with Crippen molar-refractivity contribution in [3.8, 4) is 0 Å². The molecule has 2 aromatic rings. The Kier molecular flexibility index (Phi) is 7.25. The SMILES string of the molecule is Cc1nc(SCc2ccc(F)cc2)[nH]c(=O)c1CC(=O)NCC1CCCCC1. The van der Waals surface area contributed by atoms with Crippen molar-refractivity contribution < 1.29 is 9.18 Å². The number of benzene rings is 1. The standard InChI is InChI=1S/C21H26FN3O2S/c1-14-18(11-19(26)23-12-15-5-3-2-4-6-15)20(27)25-21(24-14)28-13-16-7-9-17(22)10-8-16/h7-10,15H,2-6,11-13H2,1H3,(H,23,26)(H,24,25,27). The summed E-state index contributed by atoms with van der Waals surface area (Å²) >= 11 is 1.37. The van der Waals surface area contributed by atoms with Crippen molar-refractivity contribution in [1.29, 1.82) is 0 Å². The molecular formula is C21H26FN3O2S. The summed E-state index contributed by atoms with van der Waals surface area (Å²) in [5.41, 5.74) is 1.64. The van der Waals surface area contributed by atoms with Gasteiger partial charge in [0.15, 0.2) is 5.16 Å². The predicted molar refractivity (Wildman–Crippen MR) is 109 cm³/mol. The van der Waals surface area contributed by atoms with Gasteiger partial charge in [-0.2, -0.15) is 0 Å². The van der Waals surface area contributed by atoms with Crippen LogP contribution in [0.1, 0.15) is 48.9 Å². The Morgan fingerprint density at radius 1 is 1.25 bits per heavy atom. The Morgan fingerprint density at radius 2 is 1.96 bits per heavy atom. The molecule has 1 fully saturated rings. The smallest absolute Gasteiger partial charge is 0.255 e. The summed E-state index contributed by atoms with van der Waals surface area (Å²) < 4.78 is 13.0. The van der Waals surface area contributed by atoms with E-state index in [2.05, 4.69) is 15.3 Å². The van der Waals surface area contributed by atoms with Crippen LogP contribution in [0.25, 0.3) is 0 Å². The zero-order valence-electron chi connectivity index (χ0n) is 16.1. The number of thioether (sulfide) groups is 1. The second-order valence-electron chi connectivity index (χ2n) is 7.34. The summed E-state index contributed by atoms with van der Waals surface area (Å²) in [6.07, 6.45) is 6.14. The van der Waals surface area contributed by atoms with Crippen LogP contribution in [0.4, 0.5) is 4.39 Å². The van der Waals surface area contributed by atoms with Crippen LogP contribution >= 0.6 is 11.8 Å². The molecule has 1 aliphatic rings. The minimum Gasteiger partial charge on any atom is -0.356 e. The summed E-state index contributed by atoms with van der Waals surface area (Å²) in [5, 5.41) is 3.46. The van der Waals surface area contributed by atoms with Crippen molar-refractivity contribution in [2.45, 2.75) is 56.4 Å². The summed E-state index contributed by atoms with van der Waals surface area (Å²) in [4.78, 5) is 31.8. The highest BCUT2D eigenvalue weighted by Crippen LogP contribution is 2.23. The third-order valence-corrected chi connectivity index (χ3v) is 6.08. The zero-order chi connectivity index (χ0) is 19.9. The average molecular weight is 404 g/mol. The molecule has 0 radical (unpaired) electrons. The van der Waals surface area contributed by atoms with Gasteiger partial charge in [-0.3, -0.25) is 9.59 Å². The Labute approximate surface area is 168 Å². The first-order chi connectivity index (χ1) is 13.5. The van der Waals surface area contributed by atoms with E-state index < -0.39 is 0 Å². The number of nitrogens with one attached hydrogen (secondary N) is 2. The average Bonchev–Trinajstić information content (AvgIpc) is 2.69. The normalized spacial score (nSPS) is 14.8. The number of amides is 1. The summed E-state index contributed by atoms with van der Waals surface area (Å²) in [7, 11) is 0. The van der Waals surface area contributed by atoms with Gasteiger partial charge >= 0.3 is 0 Å². The monoisotopic (exact) mass is 403 g/mol. The van der Waals surface area contributed by atoms with E-state index in [1.54, 1.807) is 19.1 Å². The lowest BCUT2D eigenvalue weighted by Crippen LogP contribution is -2.33. The van der Waals surface area contributed by atoms with Gasteiger partial charge in [-0.15, -0.1) is 0 Å². The van der Waals surface area contributed by atoms with Crippen molar-refractivity contribution in [3.05, 3.63) is 57.3 Å². The molecule has 1 saturated carbocycles. The number of carbonyl (C=O) groups excluding carboxylic acids is 1. The molecular weight excluding hydrogens is 377 g/mol. The maximum Gasteiger partial charge on any atom is 0.255 e. The highest BCUT2D eigenvalue weighted by atomic mass is 32.2. The number of hydrogen-bond acceptors (Lipinski definition) is 4. The Morgan fingerprint density at radius 3 is 2.64 bits per heavy atom. The van der Waals surface area contributed by atoms with E-state index in [0.29, 0.717) is 34.6 Å². The minimum absolute atomic E-state index is 0.0454. The van der Waals surface area contributed by atoms with E-state index in [1.165, 1.54) is 56.0 Å². The van der Waals surface area contributed by atoms with Gasteiger partial charge in [0.1, 0.15) is 5.82 Å². The lowest BCUT2D eigenvalue weighted by Gasteiger charge is -2.21. The third-order valence-electron chi connectivity index (χ3n) is 5.14. The fraction of sp³-hybridized carbons (Fsp3) is 0.476. The zero-order valence-corrected chi connectivity index (χ0v) is 16.9. The highest BCUT2D eigenvalue weighted by molar-refractivity contribution is 7.98. The molecule has 0 unspecified atom stereocenters. The number of nitrogens with zero attached hydrogens (tertiary/aromatic N) is 1. The van der Waals surface area contributed by atoms with Crippen LogP contribution in [0.2, 0.25) is 0 Å². The van der Waals surface area contributed by atoms with Gasteiger partial charge in [0, 0.05) is 23.6 Å². The molecule has 0 bridgehead atoms. The summed E-state index contributed by atoms with van der Waals surface area (Å²) in [5.74, 6) is 0.722. The quantitative estimate of drug-likeness (QED) is 0.545. The molecule has 5 nitrogen and oxygen atoms in total. The van der Waals surface area contributed by atoms with Crippen LogP contribution in [-0.4, -0.2) is 22.4 Å². The number of aromatic amines is 1. The molecule has 2 N–H and O–H groups in total. The van der Waals surface area contributed by atoms with Crippen molar-refractivity contribution in [1.82, 2.24) is 15.3 Å². The number of hydrogen-bond donors (Lipinski definition) is 2. The fourth-order valence-electron chi connectivity index (χ4n) is 3.47. The summed E-state index contributed by atoms with van der Waals surface area (Å²) in [6, 6.07) is 6.23. The first-order valence-corrected chi connectivity index (χ1v) is 10.7. The van der Waals surface area contributed by atoms with Gasteiger partial charge in [0.2, 0.25) is 5.91 Å². The molecule has 3 rings (SSSR count). The van der Waals surface area contributed by atoms with Crippen LogP contribution in [0.5, 0.6) is 0 Å². The molecule has 1 aromatic heterocycles. The molecule has 1 aromatic carbocycles. The highest BCUT2D eigenvalue weighted by Gasteiger charge is 2.16. The van der Waals surface area contributed by atoms with E-state index in [9.17, 15) is 14.0 Å². The lowest BCUT2D eigenvalue weighted by atomic mass is 9.89. The van der Waals surface area contributed by atoms with E-state index in [0.717, 1.165) is 5.56 Å². The first-order valence-electron chi connectivity index (χ1n) is 9.75. The van der Waals surface area contributed by atoms with E-state index in [4.69, 9.17) is 0 Å². The van der Waals surface area contributed by atoms with Gasteiger partial charge in [0.25, 0.3) is 5.56 Å². The van der Waals surface area contributed by atoms with Gasteiger partial charge in [-0.05, 0) is 43.4 Å². The second kappa shape index (κ2) is 9.87. The maximum absolute atomic E-state index is 13.0. The van der Waals surface area contributed by atoms with Gasteiger partial charge in [0.05, 0.1) is 6.42 Å². The van der Waals surface area contributed by atoms with E-state index in [-0.39, 0.29) is 23.7 Å². The Balaban J connectivity index is 1.55. The van der Waals surface area contributed by atoms with Gasteiger partial charge in [-0.25, -0.2) is 9.37 Å². The van der Waals surface area contributed by atoms with Crippen LogP contribution in [0.15, 0.2) is 34.2 Å². The lowest BCUT2D eigenvalue weighted by molar-refractivity contribution is -0.120. The Hall–Kier alpha value is -2.15. The molecule has 0 aliphatic heterocycles. The predicted octanol–water partition coefficient (Wildman–Crippen LogP) is 3.75.